The summed E-state index contributed by atoms with van der Waals surface area (Å²) < 4.78 is 13.0. The number of hydrogen-bond donors (Lipinski definition) is 0. The topological polar surface area (TPSA) is 97.2 Å². The van der Waals surface area contributed by atoms with Gasteiger partial charge in [0.2, 0.25) is 5.88 Å². The van der Waals surface area contributed by atoms with E-state index in [1.54, 1.807) is 35.4 Å². The van der Waals surface area contributed by atoms with Crippen molar-refractivity contribution in [3.63, 3.8) is 0 Å². The largest absolute Gasteiger partial charge is 0.470 e. The first-order chi connectivity index (χ1) is 12.7. The molecule has 8 nitrogen and oxygen atoms in total. The van der Waals surface area contributed by atoms with Crippen LogP contribution >= 0.6 is 0 Å². The van der Waals surface area contributed by atoms with Crippen molar-refractivity contribution in [1.29, 1.82) is 5.26 Å². The lowest BCUT2D eigenvalue weighted by atomic mass is 10.3. The lowest BCUT2D eigenvalue weighted by Gasteiger charge is -2.23. The zero-order chi connectivity index (χ0) is 17.9. The Kier molecular flexibility index (Phi) is 4.11. The maximum atomic E-state index is 12.7. The number of carbonyl (C=O) groups is 1. The fraction of sp³-hybridized carbons (Fsp3) is 0.222. The van der Waals surface area contributed by atoms with Gasteiger partial charge in [-0.15, -0.1) is 0 Å². The molecule has 0 radical (unpaired) electrons. The minimum absolute atomic E-state index is 0.203. The van der Waals surface area contributed by atoms with E-state index in [-0.39, 0.29) is 17.8 Å². The molecule has 0 fully saturated rings. The van der Waals surface area contributed by atoms with Crippen molar-refractivity contribution in [2.75, 3.05) is 6.54 Å². The second-order valence-corrected chi connectivity index (χ2v) is 5.90. The van der Waals surface area contributed by atoms with Gasteiger partial charge in [-0.3, -0.25) is 9.48 Å². The molecule has 0 saturated heterocycles. The maximum Gasteiger partial charge on any atom is 0.290 e. The third-order valence-electron chi connectivity index (χ3n) is 4.13. The van der Waals surface area contributed by atoms with E-state index in [0.717, 1.165) is 5.69 Å². The van der Waals surface area contributed by atoms with Crippen molar-refractivity contribution in [3.05, 3.63) is 66.0 Å². The molecule has 0 aliphatic carbocycles. The van der Waals surface area contributed by atoms with Crippen LogP contribution in [0, 0.1) is 11.3 Å². The van der Waals surface area contributed by atoms with Crippen molar-refractivity contribution >= 4 is 5.91 Å². The van der Waals surface area contributed by atoms with Crippen molar-refractivity contribution in [3.8, 4) is 11.9 Å². The van der Waals surface area contributed by atoms with Gasteiger partial charge in [0.15, 0.2) is 5.76 Å². The summed E-state index contributed by atoms with van der Waals surface area (Å²) in [6.45, 7) is 1.27. The number of ether oxygens (including phenoxy) is 1. The Morgan fingerprint density at radius 1 is 1.31 bits per heavy atom. The van der Waals surface area contributed by atoms with Gasteiger partial charge in [-0.2, -0.15) is 10.4 Å². The molecule has 4 rings (SSSR count). The van der Waals surface area contributed by atoms with Crippen LogP contribution in [0.25, 0.3) is 0 Å². The molecule has 3 aromatic heterocycles. The van der Waals surface area contributed by atoms with Gasteiger partial charge < -0.3 is 14.1 Å². The molecule has 1 atom stereocenters. The van der Waals surface area contributed by atoms with E-state index in [9.17, 15) is 4.79 Å². The number of fused-ring (bicyclic) bond motifs is 1. The van der Waals surface area contributed by atoms with Gasteiger partial charge in [0.1, 0.15) is 12.2 Å². The summed E-state index contributed by atoms with van der Waals surface area (Å²) in [6.07, 6.45) is 4.30. The molecule has 3 aromatic rings. The molecule has 26 heavy (non-hydrogen) atoms. The van der Waals surface area contributed by atoms with Crippen LogP contribution in [0.4, 0.5) is 0 Å². The number of nitriles is 1. The van der Waals surface area contributed by atoms with Crippen LogP contribution in [-0.4, -0.2) is 38.2 Å². The smallest absolute Gasteiger partial charge is 0.290 e. The summed E-state index contributed by atoms with van der Waals surface area (Å²) in [6, 6.07) is 10.5. The van der Waals surface area contributed by atoms with Gasteiger partial charge in [0, 0.05) is 18.5 Å². The molecule has 4 heterocycles. The Morgan fingerprint density at radius 2 is 2.23 bits per heavy atom. The monoisotopic (exact) mass is 349 g/mol. The molecular weight excluding hydrogens is 334 g/mol. The van der Waals surface area contributed by atoms with E-state index in [1.807, 2.05) is 16.8 Å². The van der Waals surface area contributed by atoms with Crippen molar-refractivity contribution in [2.45, 2.75) is 19.2 Å². The van der Waals surface area contributed by atoms with Gasteiger partial charge in [-0.05, 0) is 24.3 Å². The highest BCUT2D eigenvalue weighted by Gasteiger charge is 2.28. The van der Waals surface area contributed by atoms with Crippen LogP contribution in [0.2, 0.25) is 0 Å². The van der Waals surface area contributed by atoms with Crippen LogP contribution in [0.1, 0.15) is 21.8 Å². The van der Waals surface area contributed by atoms with E-state index in [1.165, 1.54) is 12.5 Å². The lowest BCUT2D eigenvalue weighted by molar-refractivity contribution is 0.0614. The van der Waals surface area contributed by atoms with Gasteiger partial charge >= 0.3 is 0 Å². The van der Waals surface area contributed by atoms with E-state index < -0.39 is 0 Å². The van der Waals surface area contributed by atoms with Crippen molar-refractivity contribution < 1.29 is 13.9 Å². The summed E-state index contributed by atoms with van der Waals surface area (Å²) in [7, 11) is 0. The Balaban J connectivity index is 1.57. The molecule has 130 valence electrons. The van der Waals surface area contributed by atoms with Gasteiger partial charge in [-0.25, -0.2) is 4.98 Å². The molecule has 1 aliphatic heterocycles. The Labute approximate surface area is 149 Å². The summed E-state index contributed by atoms with van der Waals surface area (Å²) in [5.41, 5.74) is 1.38. The zero-order valence-corrected chi connectivity index (χ0v) is 13.8. The maximum absolute atomic E-state index is 12.7. The van der Waals surface area contributed by atoms with E-state index in [0.29, 0.717) is 31.1 Å². The average Bonchev–Trinajstić information content (AvgIpc) is 3.31. The van der Waals surface area contributed by atoms with Gasteiger partial charge in [0.25, 0.3) is 5.91 Å². The Bertz CT molecular complexity index is 940. The molecule has 0 spiro atoms. The zero-order valence-electron chi connectivity index (χ0n) is 13.8. The number of amides is 1. The van der Waals surface area contributed by atoms with Crippen LogP contribution in [0.3, 0.4) is 0 Å². The second kappa shape index (κ2) is 6.72. The lowest BCUT2D eigenvalue weighted by Crippen LogP contribution is -2.38. The molecule has 0 saturated carbocycles. The van der Waals surface area contributed by atoms with Gasteiger partial charge in [0.05, 0.1) is 37.2 Å². The highest BCUT2D eigenvalue weighted by Crippen LogP contribution is 2.18. The third kappa shape index (κ3) is 3.15. The Hall–Kier alpha value is -3.60. The summed E-state index contributed by atoms with van der Waals surface area (Å²) in [5, 5.41) is 13.2. The minimum atomic E-state index is -0.338. The molecule has 0 N–H and O–H groups in total. The Morgan fingerprint density at radius 3 is 2.96 bits per heavy atom. The molecule has 1 unspecified atom stereocenters. The number of pyridine rings is 1. The summed E-state index contributed by atoms with van der Waals surface area (Å²) >= 11 is 0. The standard InChI is InChI=1S/C18H15N5O3/c19-8-13-3-4-17(20-9-13)26-15-11-22(18(24)16-2-1-7-25-16)10-14-5-6-21-23(14)12-15/h1-7,9,15H,10-12H2. The predicted octanol–water partition coefficient (Wildman–Crippen LogP) is 1.85. The quantitative estimate of drug-likeness (QED) is 0.716. The molecule has 1 aliphatic rings. The summed E-state index contributed by atoms with van der Waals surface area (Å²) in [4.78, 5) is 18.5. The van der Waals surface area contributed by atoms with E-state index in [4.69, 9.17) is 14.4 Å². The molecule has 8 heteroatoms. The SMILES string of the molecule is N#Cc1ccc(OC2CN(C(=O)c3ccco3)Cc3ccnn3C2)nc1. The number of carbonyl (C=O) groups excluding carboxylic acids is 1. The third-order valence-corrected chi connectivity index (χ3v) is 4.13. The van der Waals surface area contributed by atoms with Crippen molar-refractivity contribution in [1.82, 2.24) is 19.7 Å². The number of rotatable bonds is 3. The minimum Gasteiger partial charge on any atom is -0.470 e. The van der Waals surface area contributed by atoms with Crippen molar-refractivity contribution in [2.24, 2.45) is 0 Å². The first-order valence-corrected chi connectivity index (χ1v) is 8.09. The van der Waals surface area contributed by atoms with E-state index >= 15 is 0 Å². The average molecular weight is 349 g/mol. The normalized spacial score (nSPS) is 16.4. The fourth-order valence-corrected chi connectivity index (χ4v) is 2.89. The highest BCUT2D eigenvalue weighted by atomic mass is 16.5. The molecular formula is C18H15N5O3. The second-order valence-electron chi connectivity index (χ2n) is 5.90. The molecule has 0 bridgehead atoms. The number of hydrogen-bond acceptors (Lipinski definition) is 6. The fourth-order valence-electron chi connectivity index (χ4n) is 2.89. The summed E-state index contributed by atoms with van der Waals surface area (Å²) in [5.74, 6) is 0.481. The van der Waals surface area contributed by atoms with Crippen LogP contribution < -0.4 is 4.74 Å². The number of furan rings is 1. The van der Waals surface area contributed by atoms with Crippen LogP contribution in [0.15, 0.2) is 53.4 Å². The van der Waals surface area contributed by atoms with Crippen LogP contribution in [-0.2, 0) is 13.1 Å². The first-order valence-electron chi connectivity index (χ1n) is 8.09. The highest BCUT2D eigenvalue weighted by molar-refractivity contribution is 5.91. The number of nitrogens with zero attached hydrogens (tertiary/aromatic N) is 5. The molecule has 0 aromatic carbocycles. The predicted molar refractivity (Wildman–Crippen MR) is 89.0 cm³/mol. The van der Waals surface area contributed by atoms with Crippen LogP contribution in [0.5, 0.6) is 5.88 Å². The first kappa shape index (κ1) is 15.9. The van der Waals surface area contributed by atoms with E-state index in [2.05, 4.69) is 10.1 Å². The molecule has 1 amide bonds. The van der Waals surface area contributed by atoms with Gasteiger partial charge in [-0.1, -0.05) is 0 Å². The number of aromatic nitrogens is 3.